The van der Waals surface area contributed by atoms with Gasteiger partial charge in [-0.1, -0.05) is 68.9 Å². The van der Waals surface area contributed by atoms with Crippen LogP contribution in [-0.4, -0.2) is 46.6 Å². The highest BCUT2D eigenvalue weighted by molar-refractivity contribution is 7.07. The molecule has 0 saturated heterocycles. The number of aromatic nitrogens is 3. The Balaban J connectivity index is 1.48. The lowest BCUT2D eigenvalue weighted by atomic mass is 9.95. The lowest BCUT2D eigenvalue weighted by Crippen LogP contribution is -2.40. The fraction of sp³-hybridized carbons (Fsp3) is 0.275. The predicted molar refractivity (Wildman–Crippen MR) is 197 cm³/mol. The minimum atomic E-state index is -0.832. The van der Waals surface area contributed by atoms with E-state index in [0.717, 1.165) is 35.4 Å². The molecule has 1 aliphatic rings. The number of carbonyl (C=O) groups is 2. The van der Waals surface area contributed by atoms with Gasteiger partial charge in [-0.15, -0.1) is 0 Å². The molecule has 1 atom stereocenters. The van der Waals surface area contributed by atoms with Crippen molar-refractivity contribution in [2.24, 2.45) is 10.9 Å². The Morgan fingerprint density at radius 3 is 2.37 bits per heavy atom. The molecule has 6 rings (SSSR count). The zero-order valence-electron chi connectivity index (χ0n) is 29.3. The Labute approximate surface area is 300 Å². The summed E-state index contributed by atoms with van der Waals surface area (Å²) < 4.78 is 20.2. The van der Waals surface area contributed by atoms with Crippen molar-refractivity contribution in [3.8, 4) is 22.7 Å². The molecule has 0 fully saturated rings. The zero-order valence-corrected chi connectivity index (χ0v) is 30.1. The van der Waals surface area contributed by atoms with Gasteiger partial charge >= 0.3 is 11.9 Å². The molecule has 0 saturated carbocycles. The summed E-state index contributed by atoms with van der Waals surface area (Å²) in [5.74, 6) is -0.138. The van der Waals surface area contributed by atoms with E-state index >= 15 is 0 Å². The number of thiazole rings is 1. The number of hydrogen-bond donors (Lipinski definition) is 0. The third-order valence-corrected chi connectivity index (χ3v) is 9.36. The number of hydrogen-bond acceptors (Lipinski definition) is 9. The molecule has 51 heavy (non-hydrogen) atoms. The molecule has 11 heteroatoms. The molecule has 0 radical (unpaired) electrons. The summed E-state index contributed by atoms with van der Waals surface area (Å²) in [6, 6.07) is 23.4. The van der Waals surface area contributed by atoms with E-state index in [4.69, 9.17) is 24.3 Å². The molecule has 1 unspecified atom stereocenters. The number of allylic oxidation sites excluding steroid dienone is 1. The highest BCUT2D eigenvalue weighted by atomic mass is 32.1. The van der Waals surface area contributed by atoms with Crippen molar-refractivity contribution >= 4 is 29.4 Å². The summed E-state index contributed by atoms with van der Waals surface area (Å²) in [5.41, 5.74) is 4.53. The van der Waals surface area contributed by atoms with E-state index in [0.29, 0.717) is 38.5 Å². The van der Waals surface area contributed by atoms with Gasteiger partial charge in [0.25, 0.3) is 5.56 Å². The molecule has 0 bridgehead atoms. The topological polar surface area (TPSA) is 114 Å². The van der Waals surface area contributed by atoms with Crippen molar-refractivity contribution < 1.29 is 23.8 Å². The van der Waals surface area contributed by atoms with Crippen LogP contribution in [-0.2, 0) is 14.3 Å². The van der Waals surface area contributed by atoms with Gasteiger partial charge in [-0.2, -0.15) is 5.10 Å². The molecule has 3 aromatic carbocycles. The minimum absolute atomic E-state index is 0.115. The number of para-hydroxylation sites is 1. The maximum Gasteiger partial charge on any atom is 0.338 e. The molecule has 5 aromatic rings. The minimum Gasteiger partial charge on any atom is -0.494 e. The number of rotatable bonds is 12. The second-order valence-corrected chi connectivity index (χ2v) is 13.6. The highest BCUT2D eigenvalue weighted by Gasteiger charge is 2.34. The quantitative estimate of drug-likeness (QED) is 0.111. The first-order valence-electron chi connectivity index (χ1n) is 16.9. The van der Waals surface area contributed by atoms with Gasteiger partial charge in [-0.3, -0.25) is 9.36 Å². The number of unbranched alkanes of at least 4 members (excludes halogenated alkanes) is 1. The van der Waals surface area contributed by atoms with E-state index in [1.165, 1.54) is 23.0 Å². The molecule has 262 valence electrons. The number of esters is 2. The van der Waals surface area contributed by atoms with Crippen molar-refractivity contribution in [2.75, 3.05) is 20.3 Å². The van der Waals surface area contributed by atoms with Crippen molar-refractivity contribution in [3.63, 3.8) is 0 Å². The maximum atomic E-state index is 14.4. The second-order valence-electron chi connectivity index (χ2n) is 12.6. The standard InChI is InChI=1S/C40H40N4O6S/c1-6-7-21-49-32-19-17-27(18-20-32)35-30(23-43(42-35)31-11-9-8-10-12-31)22-33-37(45)44-36(28-13-15-29(16-14-28)38(46)48-5)34(26(4)41-40(44)51-33)39(47)50-24-25(2)3/h8-20,22-23,25,36H,6-7,21,24H2,1-5H3. The molecule has 1 aliphatic heterocycles. The van der Waals surface area contributed by atoms with Gasteiger partial charge in [0.15, 0.2) is 4.80 Å². The largest absolute Gasteiger partial charge is 0.494 e. The van der Waals surface area contributed by atoms with Crippen molar-refractivity contribution in [1.82, 2.24) is 14.3 Å². The van der Waals surface area contributed by atoms with Gasteiger partial charge in [0.1, 0.15) is 11.4 Å². The van der Waals surface area contributed by atoms with Crippen LogP contribution in [0, 0.1) is 5.92 Å². The summed E-state index contributed by atoms with van der Waals surface area (Å²) in [6.45, 7) is 8.65. The van der Waals surface area contributed by atoms with Gasteiger partial charge in [0.2, 0.25) is 0 Å². The van der Waals surface area contributed by atoms with Crippen LogP contribution in [0.15, 0.2) is 106 Å². The van der Waals surface area contributed by atoms with Crippen molar-refractivity contribution in [3.05, 3.63) is 133 Å². The molecule has 10 nitrogen and oxygen atoms in total. The Morgan fingerprint density at radius 2 is 1.71 bits per heavy atom. The average Bonchev–Trinajstić information content (AvgIpc) is 3.70. The third-order valence-electron chi connectivity index (χ3n) is 8.38. The fourth-order valence-corrected chi connectivity index (χ4v) is 6.79. The van der Waals surface area contributed by atoms with Gasteiger partial charge < -0.3 is 14.2 Å². The fourth-order valence-electron chi connectivity index (χ4n) is 5.75. The van der Waals surface area contributed by atoms with Gasteiger partial charge in [0.05, 0.1) is 53.4 Å². The summed E-state index contributed by atoms with van der Waals surface area (Å²) in [4.78, 5) is 45.5. The Bertz CT molecular complexity index is 2250. The first kappa shape index (κ1) is 35.3. The molecule has 0 aliphatic carbocycles. The summed E-state index contributed by atoms with van der Waals surface area (Å²) in [6.07, 6.45) is 5.75. The predicted octanol–water partition coefficient (Wildman–Crippen LogP) is 6.25. The van der Waals surface area contributed by atoms with Crippen molar-refractivity contribution in [2.45, 2.75) is 46.6 Å². The van der Waals surface area contributed by atoms with Crippen LogP contribution in [0.4, 0.5) is 0 Å². The Hall–Kier alpha value is -5.55. The summed E-state index contributed by atoms with van der Waals surface area (Å²) >= 11 is 1.24. The van der Waals surface area contributed by atoms with Gasteiger partial charge in [-0.05, 0) is 79.4 Å². The molecule has 0 amide bonds. The van der Waals surface area contributed by atoms with Crippen LogP contribution in [0.1, 0.15) is 68.1 Å². The van der Waals surface area contributed by atoms with Crippen molar-refractivity contribution in [1.29, 1.82) is 0 Å². The monoisotopic (exact) mass is 704 g/mol. The van der Waals surface area contributed by atoms with Crippen LogP contribution in [0.5, 0.6) is 5.75 Å². The number of benzene rings is 3. The summed E-state index contributed by atoms with van der Waals surface area (Å²) in [7, 11) is 1.32. The number of fused-ring (bicyclic) bond motifs is 1. The first-order valence-corrected chi connectivity index (χ1v) is 17.8. The number of nitrogens with zero attached hydrogens (tertiary/aromatic N) is 4. The lowest BCUT2D eigenvalue weighted by molar-refractivity contribution is -0.140. The number of methoxy groups -OCH3 is 1. The van der Waals surface area contributed by atoms with Gasteiger partial charge in [-0.25, -0.2) is 19.3 Å². The van der Waals surface area contributed by atoms with E-state index in [1.807, 2.05) is 80.7 Å². The normalized spacial score (nSPS) is 14.3. The molecule has 2 aromatic heterocycles. The van der Waals surface area contributed by atoms with Gasteiger partial charge in [0, 0.05) is 17.3 Å². The smallest absolute Gasteiger partial charge is 0.338 e. The highest BCUT2D eigenvalue weighted by Crippen LogP contribution is 2.32. The maximum absolute atomic E-state index is 14.4. The van der Waals surface area contributed by atoms with E-state index in [1.54, 1.807) is 35.9 Å². The van der Waals surface area contributed by atoms with Crippen LogP contribution < -0.4 is 19.6 Å². The number of ether oxygens (including phenoxy) is 3. The van der Waals surface area contributed by atoms with E-state index in [-0.39, 0.29) is 23.7 Å². The molecular formula is C40H40N4O6S. The second kappa shape index (κ2) is 15.6. The van der Waals surface area contributed by atoms with E-state index in [9.17, 15) is 14.4 Å². The number of carbonyl (C=O) groups excluding carboxylic acids is 2. The Morgan fingerprint density at radius 1 is 0.980 bits per heavy atom. The lowest BCUT2D eigenvalue weighted by Gasteiger charge is -2.25. The first-order chi connectivity index (χ1) is 24.7. The zero-order chi connectivity index (χ0) is 36.1. The third kappa shape index (κ3) is 7.63. The molecule has 0 N–H and O–H groups in total. The molecule has 3 heterocycles. The van der Waals surface area contributed by atoms with Crippen LogP contribution >= 0.6 is 11.3 Å². The molecule has 0 spiro atoms. The van der Waals surface area contributed by atoms with Crippen LogP contribution in [0.2, 0.25) is 0 Å². The summed E-state index contributed by atoms with van der Waals surface area (Å²) in [5, 5.41) is 4.95. The van der Waals surface area contributed by atoms with Crippen LogP contribution in [0.25, 0.3) is 23.0 Å². The van der Waals surface area contributed by atoms with Crippen LogP contribution in [0.3, 0.4) is 0 Å². The SMILES string of the molecule is CCCCOc1ccc(-c2nn(-c3ccccc3)cc2C=c2sc3n(c2=O)C(c2ccc(C(=O)OC)cc2)C(C(=O)OCC(C)C)=C(C)N=3)cc1. The Kier molecular flexibility index (Phi) is 10.8. The van der Waals surface area contributed by atoms with E-state index < -0.39 is 18.0 Å². The van der Waals surface area contributed by atoms with E-state index in [2.05, 4.69) is 6.92 Å². The molecular weight excluding hydrogens is 665 g/mol. The average molecular weight is 705 g/mol.